The number of hydrogen-bond acceptors (Lipinski definition) is 3. The second kappa shape index (κ2) is 5.49. The summed E-state index contributed by atoms with van der Waals surface area (Å²) in [4.78, 5) is 16.6. The Morgan fingerprint density at radius 1 is 1.21 bits per heavy atom. The fourth-order valence-electron chi connectivity index (χ4n) is 3.02. The van der Waals surface area contributed by atoms with Gasteiger partial charge in [0.25, 0.3) is 0 Å². The summed E-state index contributed by atoms with van der Waals surface area (Å²) in [6.07, 6.45) is 1.87. The molecule has 1 aliphatic rings. The number of anilines is 1. The molecule has 2 aromatic carbocycles. The topological polar surface area (TPSA) is 67.1 Å². The van der Waals surface area contributed by atoms with Crippen molar-refractivity contribution in [3.63, 3.8) is 0 Å². The van der Waals surface area contributed by atoms with Crippen LogP contribution in [0.3, 0.4) is 0 Å². The van der Waals surface area contributed by atoms with Crippen LogP contribution >= 0.6 is 0 Å². The molecule has 0 spiro atoms. The van der Waals surface area contributed by atoms with E-state index in [4.69, 9.17) is 0 Å². The Bertz CT molecular complexity index is 918. The number of fused-ring (bicyclic) bond motifs is 1. The summed E-state index contributed by atoms with van der Waals surface area (Å²) < 4.78 is 14.9. The number of phenols is 1. The summed E-state index contributed by atoms with van der Waals surface area (Å²) in [7, 11) is 0. The molecule has 0 fully saturated rings. The highest BCUT2D eigenvalue weighted by Gasteiger charge is 2.31. The van der Waals surface area contributed by atoms with Gasteiger partial charge in [0.15, 0.2) is 0 Å². The quantitative estimate of drug-likeness (QED) is 0.761. The third kappa shape index (κ3) is 2.42. The molecule has 6 heteroatoms. The van der Waals surface area contributed by atoms with Crippen molar-refractivity contribution in [2.24, 2.45) is 0 Å². The second-order valence-corrected chi connectivity index (χ2v) is 5.72. The first-order valence-corrected chi connectivity index (χ1v) is 7.54. The van der Waals surface area contributed by atoms with Crippen LogP contribution in [0.4, 0.5) is 10.2 Å². The Morgan fingerprint density at radius 2 is 2.00 bits per heavy atom. The van der Waals surface area contributed by atoms with Crippen molar-refractivity contribution in [2.75, 3.05) is 5.32 Å². The first-order valence-electron chi connectivity index (χ1n) is 7.54. The maximum atomic E-state index is 13.1. The van der Waals surface area contributed by atoms with Gasteiger partial charge < -0.3 is 10.4 Å². The average molecular weight is 323 g/mol. The molecule has 1 unspecified atom stereocenters. The summed E-state index contributed by atoms with van der Waals surface area (Å²) in [5.74, 6) is 0.0425. The van der Waals surface area contributed by atoms with Crippen LogP contribution in [0.2, 0.25) is 0 Å². The molecule has 0 saturated carbocycles. The molecule has 0 saturated heterocycles. The number of amides is 1. The Morgan fingerprint density at radius 3 is 2.75 bits per heavy atom. The van der Waals surface area contributed by atoms with Gasteiger partial charge in [-0.25, -0.2) is 9.37 Å². The van der Waals surface area contributed by atoms with E-state index in [2.05, 4.69) is 10.3 Å². The van der Waals surface area contributed by atoms with E-state index >= 15 is 0 Å². The Kier molecular flexibility index (Phi) is 3.30. The van der Waals surface area contributed by atoms with Gasteiger partial charge in [0.05, 0.1) is 5.69 Å². The molecule has 4 rings (SSSR count). The van der Waals surface area contributed by atoms with Gasteiger partial charge in [-0.2, -0.15) is 0 Å². The summed E-state index contributed by atoms with van der Waals surface area (Å²) >= 11 is 0. The molecule has 1 amide bonds. The molecule has 0 aliphatic carbocycles. The molecule has 1 aromatic heterocycles. The van der Waals surface area contributed by atoms with Gasteiger partial charge in [0, 0.05) is 18.0 Å². The lowest BCUT2D eigenvalue weighted by atomic mass is 9.90. The van der Waals surface area contributed by atoms with Crippen molar-refractivity contribution in [1.82, 2.24) is 9.55 Å². The predicted molar refractivity (Wildman–Crippen MR) is 86.7 cm³/mol. The van der Waals surface area contributed by atoms with Gasteiger partial charge >= 0.3 is 0 Å². The minimum absolute atomic E-state index is 0.125. The largest absolute Gasteiger partial charge is 0.508 e. The lowest BCUT2D eigenvalue weighted by molar-refractivity contribution is -0.116. The highest BCUT2D eigenvalue weighted by atomic mass is 19.1. The Balaban J connectivity index is 1.81. The number of rotatable bonds is 2. The van der Waals surface area contributed by atoms with E-state index < -0.39 is 0 Å². The van der Waals surface area contributed by atoms with Gasteiger partial charge in [-0.3, -0.25) is 9.36 Å². The van der Waals surface area contributed by atoms with Crippen LogP contribution in [0.1, 0.15) is 23.6 Å². The molecule has 0 radical (unpaired) electrons. The number of halogens is 1. The van der Waals surface area contributed by atoms with E-state index in [0.29, 0.717) is 11.5 Å². The van der Waals surface area contributed by atoms with Gasteiger partial charge in [-0.05, 0) is 42.0 Å². The fourth-order valence-corrected chi connectivity index (χ4v) is 3.02. The maximum absolute atomic E-state index is 13.1. The lowest BCUT2D eigenvalue weighted by Crippen LogP contribution is -2.24. The standard InChI is InChI=1S/C18H14FN3O2/c19-12-4-6-13(7-5-12)22-10-20-17-15(9-16(24)21-18(17)22)11-2-1-3-14(23)8-11/h1-8,10,15,23H,9H2,(H,21,24). The van der Waals surface area contributed by atoms with Crippen LogP contribution in [0, 0.1) is 5.82 Å². The Hall–Kier alpha value is -3.15. The van der Waals surface area contributed by atoms with Crippen LogP contribution in [0.15, 0.2) is 54.9 Å². The van der Waals surface area contributed by atoms with E-state index in [9.17, 15) is 14.3 Å². The number of hydrogen-bond donors (Lipinski definition) is 2. The molecular formula is C18H14FN3O2. The molecule has 24 heavy (non-hydrogen) atoms. The molecular weight excluding hydrogens is 309 g/mol. The van der Waals surface area contributed by atoms with Crippen molar-refractivity contribution in [3.05, 3.63) is 71.9 Å². The number of aromatic hydroxyl groups is 1. The summed E-state index contributed by atoms with van der Waals surface area (Å²) in [6.45, 7) is 0. The summed E-state index contributed by atoms with van der Waals surface area (Å²) in [6, 6.07) is 12.8. The zero-order chi connectivity index (χ0) is 16.7. The van der Waals surface area contributed by atoms with Crippen LogP contribution < -0.4 is 5.32 Å². The molecule has 3 aromatic rings. The van der Waals surface area contributed by atoms with Crippen LogP contribution in [-0.2, 0) is 4.79 Å². The third-order valence-electron chi connectivity index (χ3n) is 4.15. The number of nitrogens with zero attached hydrogens (tertiary/aromatic N) is 2. The van der Waals surface area contributed by atoms with E-state index in [-0.39, 0.29) is 29.8 Å². The minimum atomic E-state index is -0.325. The number of phenolic OH excluding ortho intramolecular Hbond substituents is 1. The van der Waals surface area contributed by atoms with Crippen molar-refractivity contribution < 1.29 is 14.3 Å². The Labute approximate surface area is 137 Å². The van der Waals surface area contributed by atoms with Crippen molar-refractivity contribution in [3.8, 4) is 11.4 Å². The summed E-state index contributed by atoms with van der Waals surface area (Å²) in [5, 5.41) is 12.5. The highest BCUT2D eigenvalue weighted by molar-refractivity contribution is 5.94. The first kappa shape index (κ1) is 14.4. The summed E-state index contributed by atoms with van der Waals surface area (Å²) in [5.41, 5.74) is 2.27. The smallest absolute Gasteiger partial charge is 0.226 e. The van der Waals surface area contributed by atoms with Gasteiger partial charge in [-0.1, -0.05) is 12.1 Å². The molecule has 1 atom stereocenters. The fraction of sp³-hybridized carbons (Fsp3) is 0.111. The number of aromatic nitrogens is 2. The molecule has 2 N–H and O–H groups in total. The van der Waals surface area contributed by atoms with Crippen LogP contribution in [0.5, 0.6) is 5.75 Å². The highest BCUT2D eigenvalue weighted by Crippen LogP contribution is 2.38. The van der Waals surface area contributed by atoms with E-state index in [1.54, 1.807) is 41.2 Å². The van der Waals surface area contributed by atoms with Crippen molar-refractivity contribution in [1.29, 1.82) is 0 Å². The molecule has 120 valence electrons. The predicted octanol–water partition coefficient (Wildman–Crippen LogP) is 3.19. The van der Waals surface area contributed by atoms with E-state index in [1.807, 2.05) is 6.07 Å². The molecule has 0 bridgehead atoms. The number of carbonyl (C=O) groups excluding carboxylic acids is 1. The normalized spacial score (nSPS) is 16.5. The van der Waals surface area contributed by atoms with Crippen LogP contribution in [0.25, 0.3) is 5.69 Å². The third-order valence-corrected chi connectivity index (χ3v) is 4.15. The number of carbonyl (C=O) groups is 1. The number of imidazole rings is 1. The molecule has 2 heterocycles. The first-order chi connectivity index (χ1) is 11.6. The second-order valence-electron chi connectivity index (χ2n) is 5.72. The van der Waals surface area contributed by atoms with Crippen LogP contribution in [-0.4, -0.2) is 20.6 Å². The maximum Gasteiger partial charge on any atom is 0.226 e. The lowest BCUT2D eigenvalue weighted by Gasteiger charge is -2.23. The van der Waals surface area contributed by atoms with Crippen molar-refractivity contribution in [2.45, 2.75) is 12.3 Å². The van der Waals surface area contributed by atoms with E-state index in [1.165, 1.54) is 12.1 Å². The van der Waals surface area contributed by atoms with Gasteiger partial charge in [-0.15, -0.1) is 0 Å². The SMILES string of the molecule is O=C1CC(c2cccc(O)c2)c2ncn(-c3ccc(F)cc3)c2N1. The zero-order valence-electron chi connectivity index (χ0n) is 12.6. The van der Waals surface area contributed by atoms with E-state index in [0.717, 1.165) is 11.3 Å². The zero-order valence-corrected chi connectivity index (χ0v) is 12.6. The van der Waals surface area contributed by atoms with Crippen molar-refractivity contribution >= 4 is 11.7 Å². The molecule has 1 aliphatic heterocycles. The minimum Gasteiger partial charge on any atom is -0.508 e. The number of benzene rings is 2. The molecule has 5 nitrogen and oxygen atoms in total. The van der Waals surface area contributed by atoms with Gasteiger partial charge in [0.1, 0.15) is 23.7 Å². The average Bonchev–Trinajstić information content (AvgIpc) is 2.98. The monoisotopic (exact) mass is 323 g/mol. The van der Waals surface area contributed by atoms with Gasteiger partial charge in [0.2, 0.25) is 5.91 Å². The number of nitrogens with one attached hydrogen (secondary N) is 1.